The van der Waals surface area contributed by atoms with E-state index in [1.807, 2.05) is 6.07 Å². The van der Waals surface area contributed by atoms with E-state index in [0.29, 0.717) is 5.88 Å². The molecule has 4 nitrogen and oxygen atoms in total. The molecule has 2 rings (SSSR count). The van der Waals surface area contributed by atoms with Gasteiger partial charge < -0.3 is 4.74 Å². The third-order valence-electron chi connectivity index (χ3n) is 1.54. The van der Waals surface area contributed by atoms with Crippen molar-refractivity contribution in [3.63, 3.8) is 0 Å². The quantitative estimate of drug-likeness (QED) is 0.808. The lowest BCUT2D eigenvalue weighted by atomic mass is 10.3. The molecule has 0 aliphatic heterocycles. The molecule has 0 unspecified atom stereocenters. The van der Waals surface area contributed by atoms with Crippen LogP contribution in [0.2, 0.25) is 0 Å². The van der Waals surface area contributed by atoms with Gasteiger partial charge in [0.2, 0.25) is 5.88 Å². The Morgan fingerprint density at radius 3 is 3.17 bits per heavy atom. The summed E-state index contributed by atoms with van der Waals surface area (Å²) in [6, 6.07) is 1.91. The lowest BCUT2D eigenvalue weighted by Gasteiger charge is -1.99. The Kier molecular flexibility index (Phi) is 1.73. The van der Waals surface area contributed by atoms with Gasteiger partial charge in [-0.1, -0.05) is 0 Å². The number of hydrogen-bond acceptors (Lipinski definition) is 3. The second-order valence-corrected chi connectivity index (χ2v) is 3.14. The first-order valence-electron chi connectivity index (χ1n) is 3.35. The van der Waals surface area contributed by atoms with E-state index in [4.69, 9.17) is 4.74 Å². The van der Waals surface area contributed by atoms with Gasteiger partial charge in [0.15, 0.2) is 5.65 Å². The Hall–Kier alpha value is -1.10. The molecule has 12 heavy (non-hydrogen) atoms. The van der Waals surface area contributed by atoms with Crippen molar-refractivity contribution in [3.8, 4) is 5.88 Å². The highest BCUT2D eigenvalue weighted by Crippen LogP contribution is 2.25. The Morgan fingerprint density at radius 1 is 1.58 bits per heavy atom. The molecular weight excluding hydrogens is 222 g/mol. The number of H-pyrrole nitrogens is 1. The summed E-state index contributed by atoms with van der Waals surface area (Å²) in [5, 5.41) is 7.57. The molecule has 0 aromatic carbocycles. The van der Waals surface area contributed by atoms with Crippen LogP contribution in [0.1, 0.15) is 0 Å². The molecular formula is C7H6BrN3O. The molecule has 1 N–H and O–H groups in total. The summed E-state index contributed by atoms with van der Waals surface area (Å²) in [5.74, 6) is 0.562. The van der Waals surface area contributed by atoms with Crippen molar-refractivity contribution in [2.45, 2.75) is 0 Å². The molecule has 62 valence electrons. The van der Waals surface area contributed by atoms with E-state index in [9.17, 15) is 0 Å². The van der Waals surface area contributed by atoms with Crippen molar-refractivity contribution in [1.29, 1.82) is 0 Å². The Balaban J connectivity index is 2.73. The normalized spacial score (nSPS) is 10.5. The van der Waals surface area contributed by atoms with Crippen LogP contribution in [0, 0.1) is 0 Å². The number of halogens is 1. The molecule has 0 amide bonds. The van der Waals surface area contributed by atoms with E-state index >= 15 is 0 Å². The number of fused-ring (bicyclic) bond motifs is 1. The van der Waals surface area contributed by atoms with Crippen LogP contribution < -0.4 is 4.74 Å². The number of methoxy groups -OCH3 is 1. The van der Waals surface area contributed by atoms with E-state index in [1.54, 1.807) is 13.3 Å². The lowest BCUT2D eigenvalue weighted by Crippen LogP contribution is -1.88. The van der Waals surface area contributed by atoms with Crippen molar-refractivity contribution in [1.82, 2.24) is 15.2 Å². The molecule has 0 radical (unpaired) electrons. The summed E-state index contributed by atoms with van der Waals surface area (Å²) in [6.45, 7) is 0. The predicted molar refractivity (Wildman–Crippen MR) is 48.1 cm³/mol. The molecule has 0 aliphatic rings. The number of nitrogens with zero attached hydrogens (tertiary/aromatic N) is 2. The summed E-state index contributed by atoms with van der Waals surface area (Å²) in [5.41, 5.74) is 0.732. The Bertz CT molecular complexity index is 412. The van der Waals surface area contributed by atoms with Gasteiger partial charge in [-0.15, -0.1) is 0 Å². The van der Waals surface area contributed by atoms with E-state index in [0.717, 1.165) is 15.5 Å². The topological polar surface area (TPSA) is 50.8 Å². The molecule has 0 atom stereocenters. The molecule has 0 fully saturated rings. The first kappa shape index (κ1) is 7.54. The van der Waals surface area contributed by atoms with Crippen molar-refractivity contribution < 1.29 is 4.74 Å². The van der Waals surface area contributed by atoms with Crippen LogP contribution in [0.3, 0.4) is 0 Å². The van der Waals surface area contributed by atoms with Gasteiger partial charge in [0.25, 0.3) is 0 Å². The predicted octanol–water partition coefficient (Wildman–Crippen LogP) is 1.73. The Morgan fingerprint density at radius 2 is 2.42 bits per heavy atom. The minimum atomic E-state index is 0.562. The second-order valence-electron chi connectivity index (χ2n) is 2.29. The van der Waals surface area contributed by atoms with Crippen LogP contribution in [0.4, 0.5) is 0 Å². The minimum Gasteiger partial charge on any atom is -0.480 e. The van der Waals surface area contributed by atoms with Crippen molar-refractivity contribution in [2.75, 3.05) is 7.11 Å². The van der Waals surface area contributed by atoms with Crippen molar-refractivity contribution >= 4 is 27.0 Å². The maximum Gasteiger partial charge on any atom is 0.229 e. The van der Waals surface area contributed by atoms with Crippen LogP contribution in [-0.2, 0) is 0 Å². The van der Waals surface area contributed by atoms with Gasteiger partial charge in [0.05, 0.1) is 17.8 Å². The zero-order valence-electron chi connectivity index (χ0n) is 6.34. The van der Waals surface area contributed by atoms with E-state index in [2.05, 4.69) is 31.1 Å². The third-order valence-corrected chi connectivity index (χ3v) is 2.11. The molecule has 2 heterocycles. The van der Waals surface area contributed by atoms with Gasteiger partial charge >= 0.3 is 0 Å². The fraction of sp³-hybridized carbons (Fsp3) is 0.143. The van der Waals surface area contributed by atoms with Gasteiger partial charge in [0.1, 0.15) is 0 Å². The summed E-state index contributed by atoms with van der Waals surface area (Å²) < 4.78 is 5.85. The smallest absolute Gasteiger partial charge is 0.229 e. The molecule has 2 aromatic heterocycles. The van der Waals surface area contributed by atoms with E-state index in [-0.39, 0.29) is 0 Å². The summed E-state index contributed by atoms with van der Waals surface area (Å²) in [7, 11) is 1.58. The highest BCUT2D eigenvalue weighted by Gasteiger charge is 2.04. The van der Waals surface area contributed by atoms with Crippen molar-refractivity contribution in [2.24, 2.45) is 0 Å². The summed E-state index contributed by atoms with van der Waals surface area (Å²) >= 11 is 3.33. The molecule has 0 saturated carbocycles. The molecule has 0 spiro atoms. The zero-order chi connectivity index (χ0) is 8.55. The molecule has 0 bridgehead atoms. The molecule has 2 aromatic rings. The van der Waals surface area contributed by atoms with Gasteiger partial charge in [-0.3, -0.25) is 5.10 Å². The maximum absolute atomic E-state index is 5.02. The second kappa shape index (κ2) is 2.75. The number of rotatable bonds is 1. The van der Waals surface area contributed by atoms with Crippen LogP contribution in [-0.4, -0.2) is 22.3 Å². The highest BCUT2D eigenvalue weighted by molar-refractivity contribution is 9.10. The minimum absolute atomic E-state index is 0.562. The molecule has 5 heteroatoms. The van der Waals surface area contributed by atoms with Gasteiger partial charge in [-0.05, 0) is 22.0 Å². The number of pyridine rings is 1. The van der Waals surface area contributed by atoms with E-state index in [1.165, 1.54) is 0 Å². The number of ether oxygens (including phenoxy) is 1. The zero-order valence-corrected chi connectivity index (χ0v) is 7.92. The van der Waals surface area contributed by atoms with Crippen LogP contribution >= 0.6 is 15.9 Å². The summed E-state index contributed by atoms with van der Waals surface area (Å²) in [6.07, 6.45) is 1.71. The average molecular weight is 228 g/mol. The third kappa shape index (κ3) is 1.06. The lowest BCUT2D eigenvalue weighted by molar-refractivity contribution is 0.396. The largest absolute Gasteiger partial charge is 0.480 e. The van der Waals surface area contributed by atoms with Crippen LogP contribution in [0.25, 0.3) is 11.0 Å². The van der Waals surface area contributed by atoms with Gasteiger partial charge in [-0.2, -0.15) is 10.1 Å². The molecule has 0 saturated heterocycles. The fourth-order valence-corrected chi connectivity index (χ4v) is 1.48. The van der Waals surface area contributed by atoms with Gasteiger partial charge in [0, 0.05) is 5.39 Å². The summed E-state index contributed by atoms with van der Waals surface area (Å²) in [4.78, 5) is 4.17. The number of nitrogens with one attached hydrogen (secondary N) is 1. The van der Waals surface area contributed by atoms with Crippen molar-refractivity contribution in [3.05, 3.63) is 16.7 Å². The standard InChI is InChI=1S/C7H6BrN3O/c1-12-7-5(8)2-4-3-9-11-6(4)10-7/h2-3H,1H3,(H,9,10,11). The SMILES string of the molecule is COc1nc2[nH]ncc2cc1Br. The molecule has 0 aliphatic carbocycles. The number of hydrogen-bond donors (Lipinski definition) is 1. The maximum atomic E-state index is 5.02. The fourth-order valence-electron chi connectivity index (χ4n) is 0.980. The first-order chi connectivity index (χ1) is 5.81. The Labute approximate surface area is 77.1 Å². The van der Waals surface area contributed by atoms with Crippen LogP contribution in [0.5, 0.6) is 5.88 Å². The van der Waals surface area contributed by atoms with Gasteiger partial charge in [-0.25, -0.2) is 0 Å². The monoisotopic (exact) mass is 227 g/mol. The number of aromatic nitrogens is 3. The average Bonchev–Trinajstić information content (AvgIpc) is 2.49. The first-order valence-corrected chi connectivity index (χ1v) is 4.14. The highest BCUT2D eigenvalue weighted by atomic mass is 79.9. The van der Waals surface area contributed by atoms with Crippen LogP contribution in [0.15, 0.2) is 16.7 Å². The number of aromatic amines is 1. The van der Waals surface area contributed by atoms with E-state index < -0.39 is 0 Å².